The van der Waals surface area contributed by atoms with Crippen LogP contribution in [0.25, 0.3) is 0 Å². The lowest BCUT2D eigenvalue weighted by Crippen LogP contribution is -1.91. The molecule has 0 aliphatic heterocycles. The molecule has 0 aliphatic carbocycles. The van der Waals surface area contributed by atoms with Crippen LogP contribution in [0, 0.1) is 18.8 Å². The third kappa shape index (κ3) is 2.76. The van der Waals surface area contributed by atoms with E-state index in [0.717, 1.165) is 5.56 Å². The van der Waals surface area contributed by atoms with Crippen LogP contribution in [0.4, 0.5) is 0 Å². The van der Waals surface area contributed by atoms with Gasteiger partial charge in [0.05, 0.1) is 0 Å². The van der Waals surface area contributed by atoms with E-state index in [9.17, 15) is 4.79 Å². The number of aryl methyl sites for hydroxylation is 1. The van der Waals surface area contributed by atoms with Crippen molar-refractivity contribution in [1.82, 2.24) is 0 Å². The average molecular weight is 226 g/mol. The average Bonchev–Trinajstić information content (AvgIpc) is 2.77. The van der Waals surface area contributed by atoms with Crippen LogP contribution in [-0.4, -0.2) is 11.1 Å². The minimum atomic E-state index is -1.09. The Morgan fingerprint density at radius 3 is 2.41 bits per heavy atom. The van der Waals surface area contributed by atoms with E-state index in [1.165, 1.54) is 11.6 Å². The van der Waals surface area contributed by atoms with Crippen LogP contribution in [0.2, 0.25) is 0 Å². The van der Waals surface area contributed by atoms with E-state index in [0.29, 0.717) is 5.76 Å². The van der Waals surface area contributed by atoms with E-state index in [2.05, 4.69) is 11.8 Å². The maximum Gasteiger partial charge on any atom is 0.371 e. The van der Waals surface area contributed by atoms with Gasteiger partial charge in [0.1, 0.15) is 0 Å². The number of hydrogen-bond acceptors (Lipinski definition) is 2. The van der Waals surface area contributed by atoms with Gasteiger partial charge < -0.3 is 9.52 Å². The zero-order chi connectivity index (χ0) is 12.3. The highest BCUT2D eigenvalue weighted by Crippen LogP contribution is 2.07. The SMILES string of the molecule is Cc1ccc(C#Cc2ccc(C(=O)O)o2)cc1. The molecule has 0 atom stereocenters. The Kier molecular flexibility index (Phi) is 2.97. The Morgan fingerprint density at radius 1 is 1.12 bits per heavy atom. The molecule has 0 fully saturated rings. The van der Waals surface area contributed by atoms with Gasteiger partial charge in [0.15, 0.2) is 5.76 Å². The highest BCUT2D eigenvalue weighted by Gasteiger charge is 2.06. The molecule has 2 aromatic rings. The molecule has 1 aromatic carbocycles. The summed E-state index contributed by atoms with van der Waals surface area (Å²) < 4.78 is 5.02. The molecule has 0 spiro atoms. The second-order valence-corrected chi connectivity index (χ2v) is 3.59. The highest BCUT2D eigenvalue weighted by atomic mass is 16.4. The van der Waals surface area contributed by atoms with Crippen LogP contribution in [-0.2, 0) is 0 Å². The van der Waals surface area contributed by atoms with Crippen molar-refractivity contribution in [1.29, 1.82) is 0 Å². The van der Waals surface area contributed by atoms with Crippen molar-refractivity contribution in [2.75, 3.05) is 0 Å². The van der Waals surface area contributed by atoms with Crippen molar-refractivity contribution >= 4 is 5.97 Å². The lowest BCUT2D eigenvalue weighted by molar-refractivity contribution is 0.0662. The number of rotatable bonds is 1. The highest BCUT2D eigenvalue weighted by molar-refractivity contribution is 5.84. The number of furan rings is 1. The van der Waals surface area contributed by atoms with Crippen molar-refractivity contribution in [3.05, 3.63) is 59.0 Å². The largest absolute Gasteiger partial charge is 0.475 e. The summed E-state index contributed by atoms with van der Waals surface area (Å²) >= 11 is 0. The molecule has 3 heteroatoms. The Labute approximate surface area is 98.7 Å². The molecule has 17 heavy (non-hydrogen) atoms. The topological polar surface area (TPSA) is 50.4 Å². The summed E-state index contributed by atoms with van der Waals surface area (Å²) in [7, 11) is 0. The first-order chi connectivity index (χ1) is 8.15. The molecule has 0 saturated carbocycles. The molecule has 1 heterocycles. The number of hydrogen-bond donors (Lipinski definition) is 1. The summed E-state index contributed by atoms with van der Waals surface area (Å²) in [6.45, 7) is 2.00. The van der Waals surface area contributed by atoms with Gasteiger partial charge in [-0.1, -0.05) is 23.6 Å². The molecular weight excluding hydrogens is 216 g/mol. The first kappa shape index (κ1) is 11.0. The van der Waals surface area contributed by atoms with Gasteiger partial charge >= 0.3 is 5.97 Å². The summed E-state index contributed by atoms with van der Waals surface area (Å²) in [6, 6.07) is 10.7. The van der Waals surface area contributed by atoms with Crippen molar-refractivity contribution in [3.63, 3.8) is 0 Å². The number of carbonyl (C=O) groups is 1. The van der Waals surface area contributed by atoms with E-state index >= 15 is 0 Å². The van der Waals surface area contributed by atoms with Gasteiger partial charge in [-0.05, 0) is 37.1 Å². The predicted octanol–water partition coefficient (Wildman–Crippen LogP) is 2.69. The minimum absolute atomic E-state index is 0.0989. The van der Waals surface area contributed by atoms with Gasteiger partial charge in [0.2, 0.25) is 5.76 Å². The predicted molar refractivity (Wildman–Crippen MR) is 62.8 cm³/mol. The van der Waals surface area contributed by atoms with Crippen LogP contribution in [0.5, 0.6) is 0 Å². The third-order valence-electron chi connectivity index (χ3n) is 2.20. The molecule has 1 aromatic heterocycles. The molecule has 0 unspecified atom stereocenters. The van der Waals surface area contributed by atoms with Crippen LogP contribution < -0.4 is 0 Å². The lowest BCUT2D eigenvalue weighted by atomic mass is 10.1. The molecule has 0 aliphatic rings. The van der Waals surface area contributed by atoms with E-state index in [-0.39, 0.29) is 5.76 Å². The van der Waals surface area contributed by atoms with E-state index in [1.54, 1.807) is 6.07 Å². The Balaban J connectivity index is 2.20. The van der Waals surface area contributed by atoms with Gasteiger partial charge in [-0.2, -0.15) is 0 Å². The number of carboxylic acids is 1. The molecule has 3 nitrogen and oxygen atoms in total. The molecule has 2 rings (SSSR count). The maximum atomic E-state index is 10.6. The zero-order valence-electron chi connectivity index (χ0n) is 9.23. The first-order valence-electron chi connectivity index (χ1n) is 5.07. The second kappa shape index (κ2) is 4.58. The van der Waals surface area contributed by atoms with E-state index in [4.69, 9.17) is 9.52 Å². The first-order valence-corrected chi connectivity index (χ1v) is 5.07. The molecule has 0 radical (unpaired) electrons. The monoisotopic (exact) mass is 226 g/mol. The van der Waals surface area contributed by atoms with Gasteiger partial charge in [-0.25, -0.2) is 4.79 Å². The maximum absolute atomic E-state index is 10.6. The fourth-order valence-corrected chi connectivity index (χ4v) is 1.29. The smallest absolute Gasteiger partial charge is 0.371 e. The molecular formula is C14H10O3. The lowest BCUT2D eigenvalue weighted by Gasteiger charge is -1.90. The van der Waals surface area contributed by atoms with Gasteiger partial charge in [-0.15, -0.1) is 0 Å². The summed E-state index contributed by atoms with van der Waals surface area (Å²) in [6.07, 6.45) is 0. The molecule has 1 N–H and O–H groups in total. The van der Waals surface area contributed by atoms with Crippen molar-refractivity contribution in [2.45, 2.75) is 6.92 Å². The van der Waals surface area contributed by atoms with Crippen LogP contribution in [0.15, 0.2) is 40.8 Å². The summed E-state index contributed by atoms with van der Waals surface area (Å²) in [4.78, 5) is 10.6. The molecule has 0 saturated heterocycles. The van der Waals surface area contributed by atoms with Gasteiger partial charge in [0, 0.05) is 5.56 Å². The number of carboxylic acid groups (broad SMARTS) is 1. The molecule has 0 amide bonds. The third-order valence-corrected chi connectivity index (χ3v) is 2.20. The Hall–Kier alpha value is -2.47. The quantitative estimate of drug-likeness (QED) is 0.760. The fraction of sp³-hybridized carbons (Fsp3) is 0.0714. The summed E-state index contributed by atoms with van der Waals surface area (Å²) in [5.74, 6) is 4.84. The zero-order valence-corrected chi connectivity index (χ0v) is 9.23. The number of benzene rings is 1. The second-order valence-electron chi connectivity index (χ2n) is 3.59. The van der Waals surface area contributed by atoms with Crippen molar-refractivity contribution in [2.24, 2.45) is 0 Å². The van der Waals surface area contributed by atoms with Crippen LogP contribution in [0.1, 0.15) is 27.4 Å². The van der Waals surface area contributed by atoms with Crippen molar-refractivity contribution < 1.29 is 14.3 Å². The fourth-order valence-electron chi connectivity index (χ4n) is 1.29. The molecule has 0 bridgehead atoms. The normalized spacial score (nSPS) is 9.47. The van der Waals surface area contributed by atoms with Crippen molar-refractivity contribution in [3.8, 4) is 11.8 Å². The summed E-state index contributed by atoms with van der Waals surface area (Å²) in [5, 5.41) is 8.67. The van der Waals surface area contributed by atoms with Crippen LogP contribution in [0.3, 0.4) is 0 Å². The number of aromatic carboxylic acids is 1. The van der Waals surface area contributed by atoms with Gasteiger partial charge in [0.25, 0.3) is 0 Å². The minimum Gasteiger partial charge on any atom is -0.475 e. The summed E-state index contributed by atoms with van der Waals surface area (Å²) in [5.41, 5.74) is 2.03. The van der Waals surface area contributed by atoms with Gasteiger partial charge in [-0.3, -0.25) is 0 Å². The Morgan fingerprint density at radius 2 is 1.82 bits per heavy atom. The van der Waals surface area contributed by atoms with Crippen LogP contribution >= 0.6 is 0 Å². The standard InChI is InChI=1S/C14H10O3/c1-10-2-4-11(5-3-10)6-7-12-8-9-13(17-12)14(15)16/h2-5,8-9H,1H3,(H,15,16). The Bertz CT molecular complexity index is 594. The molecule has 84 valence electrons. The van der Waals surface area contributed by atoms with E-state index in [1.807, 2.05) is 31.2 Å². The van der Waals surface area contributed by atoms with E-state index < -0.39 is 5.97 Å².